The molecule has 2 aromatic carbocycles. The number of hydrazone groups is 1. The Kier molecular flexibility index (Phi) is 6.66. The summed E-state index contributed by atoms with van der Waals surface area (Å²) in [6.07, 6.45) is 1.43. The molecular weight excluding hydrogens is 412 g/mol. The van der Waals surface area contributed by atoms with Crippen LogP contribution in [0.2, 0.25) is 5.02 Å². The molecule has 0 saturated carbocycles. The molecule has 0 bridgehead atoms. The van der Waals surface area contributed by atoms with Crippen molar-refractivity contribution in [2.75, 3.05) is 14.2 Å². The minimum absolute atomic E-state index is 0.0118. The summed E-state index contributed by atoms with van der Waals surface area (Å²) in [6, 6.07) is 8.31. The van der Waals surface area contributed by atoms with Crippen LogP contribution in [0.15, 0.2) is 39.9 Å². The Balaban J connectivity index is 2.01. The van der Waals surface area contributed by atoms with Crippen molar-refractivity contribution in [3.63, 3.8) is 0 Å². The van der Waals surface area contributed by atoms with Gasteiger partial charge in [0.1, 0.15) is 5.75 Å². The smallest absolute Gasteiger partial charge is 0.244 e. The Labute approximate surface area is 158 Å². The second-order valence-corrected chi connectivity index (χ2v) is 6.28. The molecule has 0 aromatic heterocycles. The second-order valence-electron chi connectivity index (χ2n) is 4.98. The second kappa shape index (κ2) is 8.73. The molecule has 2 rings (SSSR count). The largest absolute Gasteiger partial charge is 0.506 e. The number of carbonyl (C=O) groups is 1. The van der Waals surface area contributed by atoms with Crippen LogP contribution in [-0.2, 0) is 11.2 Å². The molecule has 2 aromatic rings. The van der Waals surface area contributed by atoms with Gasteiger partial charge in [-0.2, -0.15) is 5.10 Å². The van der Waals surface area contributed by atoms with Crippen LogP contribution in [0.25, 0.3) is 0 Å². The summed E-state index contributed by atoms with van der Waals surface area (Å²) in [7, 11) is 3.07. The molecule has 0 unspecified atom stereocenters. The Hall–Kier alpha value is -2.25. The number of nitrogens with zero attached hydrogens (tertiary/aromatic N) is 1. The molecule has 0 aliphatic rings. The molecule has 0 heterocycles. The van der Waals surface area contributed by atoms with Gasteiger partial charge in [0.2, 0.25) is 5.91 Å². The van der Waals surface area contributed by atoms with Crippen molar-refractivity contribution in [3.05, 3.63) is 51.0 Å². The summed E-state index contributed by atoms with van der Waals surface area (Å²) in [5.41, 5.74) is 3.53. The van der Waals surface area contributed by atoms with Gasteiger partial charge in [-0.05, 0) is 45.8 Å². The van der Waals surface area contributed by atoms with Crippen LogP contribution in [0.4, 0.5) is 0 Å². The average Bonchev–Trinajstić information content (AvgIpc) is 2.58. The van der Waals surface area contributed by atoms with Crippen molar-refractivity contribution in [1.82, 2.24) is 5.43 Å². The number of rotatable bonds is 6. The number of phenols is 1. The first kappa shape index (κ1) is 19.1. The number of methoxy groups -OCH3 is 2. The van der Waals surface area contributed by atoms with E-state index in [2.05, 4.69) is 26.5 Å². The SMILES string of the molecule is COc1ccc(CC(=O)N/N=C/c2cc(Cl)cc(Br)c2O)cc1OC. The molecule has 6 nitrogen and oxygen atoms in total. The third-order valence-corrected chi connectivity index (χ3v) is 4.09. The number of carbonyl (C=O) groups excluding carboxylic acids is 1. The summed E-state index contributed by atoms with van der Waals surface area (Å²) in [6.45, 7) is 0. The van der Waals surface area contributed by atoms with E-state index < -0.39 is 0 Å². The predicted octanol–water partition coefficient (Wildman–Crippen LogP) is 3.52. The zero-order valence-corrected chi connectivity index (χ0v) is 15.9. The van der Waals surface area contributed by atoms with E-state index in [9.17, 15) is 9.90 Å². The van der Waals surface area contributed by atoms with Crippen molar-refractivity contribution in [2.24, 2.45) is 5.10 Å². The fourth-order valence-corrected chi connectivity index (χ4v) is 2.91. The van der Waals surface area contributed by atoms with Crippen LogP contribution in [-0.4, -0.2) is 31.4 Å². The third-order valence-electron chi connectivity index (χ3n) is 3.26. The highest BCUT2D eigenvalue weighted by Gasteiger charge is 2.09. The fourth-order valence-electron chi connectivity index (χ4n) is 2.07. The molecule has 0 fully saturated rings. The number of hydrogen-bond acceptors (Lipinski definition) is 5. The monoisotopic (exact) mass is 426 g/mol. The van der Waals surface area contributed by atoms with Gasteiger partial charge in [0.15, 0.2) is 11.5 Å². The van der Waals surface area contributed by atoms with Crippen molar-refractivity contribution >= 4 is 39.7 Å². The van der Waals surface area contributed by atoms with Gasteiger partial charge in [-0.25, -0.2) is 5.43 Å². The molecule has 2 N–H and O–H groups in total. The number of aromatic hydroxyl groups is 1. The summed E-state index contributed by atoms with van der Waals surface area (Å²) in [4.78, 5) is 12.0. The highest BCUT2D eigenvalue weighted by Crippen LogP contribution is 2.30. The summed E-state index contributed by atoms with van der Waals surface area (Å²) < 4.78 is 10.8. The molecule has 25 heavy (non-hydrogen) atoms. The maximum Gasteiger partial charge on any atom is 0.244 e. The van der Waals surface area contributed by atoms with Crippen LogP contribution >= 0.6 is 27.5 Å². The topological polar surface area (TPSA) is 80.2 Å². The van der Waals surface area contributed by atoms with Crippen molar-refractivity contribution in [2.45, 2.75) is 6.42 Å². The maximum atomic E-state index is 12.0. The van der Waals surface area contributed by atoms with Gasteiger partial charge in [0, 0.05) is 10.6 Å². The van der Waals surface area contributed by atoms with Gasteiger partial charge >= 0.3 is 0 Å². The Morgan fingerprint density at radius 1 is 1.28 bits per heavy atom. The van der Waals surface area contributed by atoms with Crippen molar-refractivity contribution < 1.29 is 19.4 Å². The van der Waals surface area contributed by atoms with E-state index in [0.29, 0.717) is 26.6 Å². The van der Waals surface area contributed by atoms with E-state index >= 15 is 0 Å². The third kappa shape index (κ3) is 5.11. The average molecular weight is 428 g/mol. The van der Waals surface area contributed by atoms with E-state index in [0.717, 1.165) is 5.56 Å². The van der Waals surface area contributed by atoms with E-state index in [-0.39, 0.29) is 18.1 Å². The lowest BCUT2D eigenvalue weighted by Crippen LogP contribution is -2.19. The first-order valence-electron chi connectivity index (χ1n) is 7.15. The van der Waals surface area contributed by atoms with Gasteiger partial charge < -0.3 is 14.6 Å². The predicted molar refractivity (Wildman–Crippen MR) is 99.8 cm³/mol. The van der Waals surface area contributed by atoms with Crippen LogP contribution in [0, 0.1) is 0 Å². The molecule has 0 saturated heterocycles. The van der Waals surface area contributed by atoms with Gasteiger partial charge in [-0.1, -0.05) is 17.7 Å². The Morgan fingerprint density at radius 3 is 2.68 bits per heavy atom. The highest BCUT2D eigenvalue weighted by molar-refractivity contribution is 9.10. The normalized spacial score (nSPS) is 10.7. The standard InChI is InChI=1S/C17H16BrClN2O4/c1-24-14-4-3-10(5-15(14)25-2)6-16(22)21-20-9-11-7-12(19)8-13(18)17(11)23/h3-5,7-9,23H,6H2,1-2H3,(H,21,22)/b20-9+. The van der Waals surface area contributed by atoms with Crippen molar-refractivity contribution in [3.8, 4) is 17.2 Å². The lowest BCUT2D eigenvalue weighted by Gasteiger charge is -2.09. The van der Waals surface area contributed by atoms with Gasteiger partial charge in [-0.3, -0.25) is 4.79 Å². The van der Waals surface area contributed by atoms with Gasteiger partial charge in [-0.15, -0.1) is 0 Å². The van der Waals surface area contributed by atoms with Crippen LogP contribution < -0.4 is 14.9 Å². The molecular formula is C17H16BrClN2O4. The minimum Gasteiger partial charge on any atom is -0.506 e. The molecule has 0 atom stereocenters. The first-order valence-corrected chi connectivity index (χ1v) is 8.32. The van der Waals surface area contributed by atoms with Gasteiger partial charge in [0.25, 0.3) is 0 Å². The molecule has 0 aliphatic heterocycles. The number of benzene rings is 2. The number of hydrogen-bond donors (Lipinski definition) is 2. The number of amides is 1. The van der Waals surface area contributed by atoms with Crippen LogP contribution in [0.3, 0.4) is 0 Å². The van der Waals surface area contributed by atoms with E-state index in [1.165, 1.54) is 19.4 Å². The molecule has 0 radical (unpaired) electrons. The number of halogens is 2. The first-order chi connectivity index (χ1) is 11.9. The minimum atomic E-state index is -0.316. The Morgan fingerprint density at radius 2 is 2.00 bits per heavy atom. The summed E-state index contributed by atoms with van der Waals surface area (Å²) >= 11 is 9.09. The van der Waals surface area contributed by atoms with Crippen LogP contribution in [0.1, 0.15) is 11.1 Å². The molecule has 1 amide bonds. The zero-order valence-electron chi connectivity index (χ0n) is 13.5. The van der Waals surface area contributed by atoms with E-state index in [4.69, 9.17) is 21.1 Å². The zero-order chi connectivity index (χ0) is 18.4. The van der Waals surface area contributed by atoms with E-state index in [1.54, 1.807) is 31.4 Å². The van der Waals surface area contributed by atoms with Gasteiger partial charge in [0.05, 0.1) is 31.3 Å². The molecule has 0 spiro atoms. The van der Waals surface area contributed by atoms with Crippen molar-refractivity contribution in [1.29, 1.82) is 0 Å². The fraction of sp³-hybridized carbons (Fsp3) is 0.176. The summed E-state index contributed by atoms with van der Waals surface area (Å²) in [5.74, 6) is 0.808. The lowest BCUT2D eigenvalue weighted by molar-refractivity contribution is -0.120. The number of phenolic OH excluding ortho intramolecular Hbond substituents is 1. The Bertz CT molecular complexity index is 811. The number of ether oxygens (including phenoxy) is 2. The lowest BCUT2D eigenvalue weighted by atomic mass is 10.1. The summed E-state index contributed by atoms with van der Waals surface area (Å²) in [5, 5.41) is 14.2. The maximum absolute atomic E-state index is 12.0. The molecule has 8 heteroatoms. The quantitative estimate of drug-likeness (QED) is 0.546. The molecule has 132 valence electrons. The molecule has 0 aliphatic carbocycles. The number of nitrogens with one attached hydrogen (secondary N) is 1. The van der Waals surface area contributed by atoms with E-state index in [1.807, 2.05) is 0 Å². The van der Waals surface area contributed by atoms with Crippen LogP contribution in [0.5, 0.6) is 17.2 Å². The highest BCUT2D eigenvalue weighted by atomic mass is 79.9.